The molecule has 2 aliphatic rings. The molecule has 4 heteroatoms. The third kappa shape index (κ3) is 3.91. The van der Waals surface area contributed by atoms with E-state index in [-0.39, 0.29) is 0 Å². The van der Waals surface area contributed by atoms with Gasteiger partial charge in [-0.05, 0) is 38.9 Å². The van der Waals surface area contributed by atoms with Gasteiger partial charge in [-0.15, -0.1) is 0 Å². The van der Waals surface area contributed by atoms with Gasteiger partial charge in [0.15, 0.2) is 0 Å². The second kappa shape index (κ2) is 6.69. The number of nitrogens with one attached hydrogen (secondary N) is 1. The van der Waals surface area contributed by atoms with Crippen molar-refractivity contribution in [1.82, 2.24) is 15.1 Å². The van der Waals surface area contributed by atoms with Crippen LogP contribution in [0.1, 0.15) is 12.8 Å². The summed E-state index contributed by atoms with van der Waals surface area (Å²) in [5.41, 5.74) is 0. The van der Waals surface area contributed by atoms with Crippen LogP contribution in [0.5, 0.6) is 0 Å². The van der Waals surface area contributed by atoms with Gasteiger partial charge in [0.2, 0.25) is 0 Å². The second-order valence-corrected chi connectivity index (χ2v) is 5.49. The summed E-state index contributed by atoms with van der Waals surface area (Å²) in [6.07, 6.45) is 2.74. The lowest BCUT2D eigenvalue weighted by Crippen LogP contribution is -2.46. The van der Waals surface area contributed by atoms with Gasteiger partial charge in [-0.1, -0.05) is 0 Å². The molecule has 2 bridgehead atoms. The first-order valence-electron chi connectivity index (χ1n) is 6.93. The Morgan fingerprint density at radius 1 is 1.29 bits per heavy atom. The number of hydrogen-bond donors (Lipinski definition) is 1. The van der Waals surface area contributed by atoms with E-state index in [9.17, 15) is 0 Å². The molecule has 0 aromatic carbocycles. The summed E-state index contributed by atoms with van der Waals surface area (Å²) >= 11 is 0. The van der Waals surface area contributed by atoms with Crippen molar-refractivity contribution in [2.24, 2.45) is 5.92 Å². The average molecular weight is 241 g/mol. The topological polar surface area (TPSA) is 27.7 Å². The molecule has 0 spiro atoms. The minimum Gasteiger partial charge on any atom is -0.383 e. The Morgan fingerprint density at radius 2 is 2.12 bits per heavy atom. The van der Waals surface area contributed by atoms with Gasteiger partial charge in [-0.2, -0.15) is 0 Å². The Labute approximate surface area is 105 Å². The van der Waals surface area contributed by atoms with E-state index in [2.05, 4.69) is 22.2 Å². The summed E-state index contributed by atoms with van der Waals surface area (Å²) in [6, 6.07) is 0.768. The smallest absolute Gasteiger partial charge is 0.0589 e. The standard InChI is InChI=1S/C13H27N3O/c1-15(9-10-17-2)8-5-14-13-4-7-16-6-3-12(13)11-16/h12-14H,3-11H2,1-2H3. The number of likely N-dealkylation sites (N-methyl/N-ethyl adjacent to an activating group) is 1. The maximum atomic E-state index is 5.08. The molecule has 2 heterocycles. The Kier molecular flexibility index (Phi) is 5.22. The van der Waals surface area contributed by atoms with E-state index in [1.165, 1.54) is 32.5 Å². The third-order valence-corrected chi connectivity index (χ3v) is 4.21. The predicted octanol–water partition coefficient (Wildman–Crippen LogP) is 0.248. The molecule has 0 aromatic rings. The zero-order valence-corrected chi connectivity index (χ0v) is 11.3. The second-order valence-electron chi connectivity index (χ2n) is 5.49. The molecule has 3 unspecified atom stereocenters. The molecule has 1 N–H and O–H groups in total. The van der Waals surface area contributed by atoms with Crippen molar-refractivity contribution < 1.29 is 4.74 Å². The fourth-order valence-electron chi connectivity index (χ4n) is 3.02. The molecule has 2 saturated heterocycles. The molecule has 4 nitrogen and oxygen atoms in total. The van der Waals surface area contributed by atoms with Crippen molar-refractivity contribution in [2.75, 3.05) is 60.0 Å². The summed E-state index contributed by atoms with van der Waals surface area (Å²) in [7, 11) is 3.93. The van der Waals surface area contributed by atoms with Crippen molar-refractivity contribution in [3.8, 4) is 0 Å². The van der Waals surface area contributed by atoms with Gasteiger partial charge in [-0.3, -0.25) is 0 Å². The maximum absolute atomic E-state index is 5.08. The Balaban J connectivity index is 1.58. The van der Waals surface area contributed by atoms with Crippen LogP contribution in [0, 0.1) is 5.92 Å². The van der Waals surface area contributed by atoms with Crippen LogP contribution < -0.4 is 5.32 Å². The van der Waals surface area contributed by atoms with E-state index in [1.54, 1.807) is 7.11 Å². The zero-order chi connectivity index (χ0) is 12.1. The number of methoxy groups -OCH3 is 1. The minimum absolute atomic E-state index is 0.768. The van der Waals surface area contributed by atoms with Crippen LogP contribution in [0.15, 0.2) is 0 Å². The average Bonchev–Trinajstić information content (AvgIpc) is 2.72. The van der Waals surface area contributed by atoms with Crippen molar-refractivity contribution in [1.29, 1.82) is 0 Å². The molecule has 0 aliphatic carbocycles. The summed E-state index contributed by atoms with van der Waals surface area (Å²) in [6.45, 7) is 8.05. The van der Waals surface area contributed by atoms with Gasteiger partial charge in [0.1, 0.15) is 0 Å². The Morgan fingerprint density at radius 3 is 2.94 bits per heavy atom. The molecule has 17 heavy (non-hydrogen) atoms. The van der Waals surface area contributed by atoms with Crippen LogP contribution in [0.25, 0.3) is 0 Å². The molecular formula is C13H27N3O. The number of hydrogen-bond acceptors (Lipinski definition) is 4. The SMILES string of the molecule is COCCN(C)CCNC1CCN2CCC1C2. The maximum Gasteiger partial charge on any atom is 0.0589 e. The van der Waals surface area contributed by atoms with Crippen LogP contribution in [0.3, 0.4) is 0 Å². The normalized spacial score (nSPS) is 32.3. The van der Waals surface area contributed by atoms with E-state index in [0.717, 1.165) is 38.2 Å². The van der Waals surface area contributed by atoms with Crippen LogP contribution in [-0.2, 0) is 4.74 Å². The van der Waals surface area contributed by atoms with Crippen molar-refractivity contribution >= 4 is 0 Å². The number of nitrogens with zero attached hydrogens (tertiary/aromatic N) is 2. The summed E-state index contributed by atoms with van der Waals surface area (Å²) in [4.78, 5) is 4.94. The first-order chi connectivity index (χ1) is 8.29. The molecule has 2 rings (SSSR count). The molecule has 2 aliphatic heterocycles. The highest BCUT2D eigenvalue weighted by molar-refractivity contribution is 4.90. The highest BCUT2D eigenvalue weighted by Gasteiger charge is 2.33. The molecule has 100 valence electrons. The van der Waals surface area contributed by atoms with Crippen LogP contribution in [0.4, 0.5) is 0 Å². The highest BCUT2D eigenvalue weighted by atomic mass is 16.5. The molecule has 0 radical (unpaired) electrons. The zero-order valence-electron chi connectivity index (χ0n) is 11.3. The largest absolute Gasteiger partial charge is 0.383 e. The lowest BCUT2D eigenvalue weighted by molar-refractivity contribution is 0.158. The van der Waals surface area contributed by atoms with Crippen LogP contribution >= 0.6 is 0 Å². The quantitative estimate of drug-likeness (QED) is 0.691. The monoisotopic (exact) mass is 241 g/mol. The van der Waals surface area contributed by atoms with Crippen LogP contribution in [0.2, 0.25) is 0 Å². The van der Waals surface area contributed by atoms with E-state index in [0.29, 0.717) is 0 Å². The molecule has 0 amide bonds. The van der Waals surface area contributed by atoms with Gasteiger partial charge in [0.05, 0.1) is 6.61 Å². The minimum atomic E-state index is 0.768. The Bertz CT molecular complexity index is 225. The number of ether oxygens (including phenoxy) is 1. The van der Waals surface area contributed by atoms with E-state index >= 15 is 0 Å². The molecule has 0 saturated carbocycles. The number of rotatable bonds is 7. The van der Waals surface area contributed by atoms with E-state index < -0.39 is 0 Å². The fraction of sp³-hybridized carbons (Fsp3) is 1.00. The lowest BCUT2D eigenvalue weighted by Gasteiger charge is -2.31. The Hall–Kier alpha value is -0.160. The molecule has 0 aromatic heterocycles. The van der Waals surface area contributed by atoms with Crippen molar-refractivity contribution in [3.05, 3.63) is 0 Å². The van der Waals surface area contributed by atoms with Gasteiger partial charge >= 0.3 is 0 Å². The van der Waals surface area contributed by atoms with Crippen LogP contribution in [-0.4, -0.2) is 75.9 Å². The van der Waals surface area contributed by atoms with Gasteiger partial charge in [-0.25, -0.2) is 0 Å². The van der Waals surface area contributed by atoms with E-state index in [1.807, 2.05) is 0 Å². The first kappa shape index (κ1) is 13.3. The van der Waals surface area contributed by atoms with Crippen molar-refractivity contribution in [3.63, 3.8) is 0 Å². The third-order valence-electron chi connectivity index (χ3n) is 4.21. The summed E-state index contributed by atoms with van der Waals surface area (Å²) in [5.74, 6) is 0.910. The highest BCUT2D eigenvalue weighted by Crippen LogP contribution is 2.26. The van der Waals surface area contributed by atoms with Gasteiger partial charge < -0.3 is 19.9 Å². The molecular weight excluding hydrogens is 214 g/mol. The molecule has 2 fully saturated rings. The van der Waals surface area contributed by atoms with Crippen molar-refractivity contribution in [2.45, 2.75) is 18.9 Å². The summed E-state index contributed by atoms with van der Waals surface area (Å²) in [5, 5.41) is 3.75. The summed E-state index contributed by atoms with van der Waals surface area (Å²) < 4.78 is 5.08. The molecule has 3 atom stereocenters. The first-order valence-corrected chi connectivity index (χ1v) is 6.93. The lowest BCUT2D eigenvalue weighted by atomic mass is 9.94. The number of fused-ring (bicyclic) bond motifs is 2. The number of piperidine rings is 1. The fourth-order valence-corrected chi connectivity index (χ4v) is 3.02. The van der Waals surface area contributed by atoms with E-state index in [4.69, 9.17) is 4.74 Å². The van der Waals surface area contributed by atoms with Gasteiger partial charge in [0.25, 0.3) is 0 Å². The van der Waals surface area contributed by atoms with Gasteiger partial charge in [0, 0.05) is 39.3 Å². The predicted molar refractivity (Wildman–Crippen MR) is 70.3 cm³/mol.